The summed E-state index contributed by atoms with van der Waals surface area (Å²) in [6.45, 7) is 0. The average molecular weight is 497 g/mol. The molecule has 0 saturated heterocycles. The van der Waals surface area contributed by atoms with Gasteiger partial charge in [-0.25, -0.2) is 0 Å². The van der Waals surface area contributed by atoms with E-state index < -0.39 is 10.8 Å². The normalized spacial score (nSPS) is 10.8. The largest absolute Gasteiger partial charge is 0.369 e. The zero-order valence-corrected chi connectivity index (χ0v) is 17.3. The number of hydrogen-bond donors (Lipinski definition) is 3. The van der Waals surface area contributed by atoms with Crippen LogP contribution in [0.5, 0.6) is 0 Å². The van der Waals surface area contributed by atoms with Gasteiger partial charge in [-0.1, -0.05) is 36.4 Å². The molecule has 0 aliphatic carbocycles. The molecule has 6 N–H and O–H groups in total. The number of hydrogen-bond acceptors (Lipinski definition) is 2. The zero-order chi connectivity index (χ0) is 16.7. The first-order valence-corrected chi connectivity index (χ1v) is 15.2. The second-order valence-corrected chi connectivity index (χ2v) is 20.1. The monoisotopic (exact) mass is 496 g/mol. The molecule has 0 radical (unpaired) electrons. The van der Waals surface area contributed by atoms with E-state index in [9.17, 15) is 0 Å². The molecule has 0 amide bonds. The smallest absolute Gasteiger partial charge is 0.0650 e. The summed E-state index contributed by atoms with van der Waals surface area (Å²) in [5.74, 6) is 0. The number of H-pyrrole nitrogens is 2. The van der Waals surface area contributed by atoms with E-state index in [1.807, 2.05) is 60.9 Å². The molecule has 2 aromatic heterocycles. The van der Waals surface area contributed by atoms with Crippen molar-refractivity contribution in [1.29, 1.82) is 0 Å². The number of benzene rings is 2. The Morgan fingerprint density at radius 1 is 0.667 bits per heavy atom. The first kappa shape index (κ1) is 21.2. The Morgan fingerprint density at radius 2 is 1.00 bits per heavy atom. The summed E-state index contributed by atoms with van der Waals surface area (Å²) in [4.78, 5) is 0. The van der Waals surface area contributed by atoms with Gasteiger partial charge in [0.25, 0.3) is 0 Å². The summed E-state index contributed by atoms with van der Waals surface area (Å²) in [6.07, 6.45) is 3.63. The minimum Gasteiger partial charge on any atom is -0.369 e. The van der Waals surface area contributed by atoms with Crippen LogP contribution in [0, 0.1) is 0 Å². The van der Waals surface area contributed by atoms with Gasteiger partial charge in [-0.2, -0.15) is 10.2 Å². The van der Waals surface area contributed by atoms with Gasteiger partial charge in [0.2, 0.25) is 0 Å². The molecule has 4 rings (SSSR count). The third kappa shape index (κ3) is 7.80. The van der Waals surface area contributed by atoms with E-state index in [4.69, 9.17) is 38.8 Å². The predicted octanol–water partition coefficient (Wildman–Crippen LogP) is 6.26. The maximum atomic E-state index is 5.00. The molecular formula is C14H16Cl4N5Ru. The van der Waals surface area contributed by atoms with E-state index >= 15 is 0 Å². The van der Waals surface area contributed by atoms with Gasteiger partial charge in [-0.05, 0) is 12.1 Å². The number of quaternary nitrogens is 1. The molecule has 24 heavy (non-hydrogen) atoms. The van der Waals surface area contributed by atoms with Gasteiger partial charge >= 0.3 is 49.6 Å². The average Bonchev–Trinajstić information content (AvgIpc) is 3.15. The Balaban J connectivity index is 0.000000185. The van der Waals surface area contributed by atoms with Crippen LogP contribution in [0.1, 0.15) is 0 Å². The number of nitrogens with one attached hydrogen (secondary N) is 2. The first-order valence-electron chi connectivity index (χ1n) is 6.23. The number of halogens is 4. The number of aromatic amines is 2. The molecule has 0 fully saturated rings. The van der Waals surface area contributed by atoms with Crippen LogP contribution < -0.4 is 6.15 Å². The van der Waals surface area contributed by atoms with Crippen molar-refractivity contribution in [2.45, 2.75) is 0 Å². The molecule has 0 unspecified atom stereocenters. The molecule has 10 heteroatoms. The fourth-order valence-corrected chi connectivity index (χ4v) is 1.77. The third-order valence-electron chi connectivity index (χ3n) is 2.70. The van der Waals surface area contributed by atoms with Crippen LogP contribution in [0.25, 0.3) is 21.8 Å². The topological polar surface area (TPSA) is 93.9 Å². The molecule has 0 aliphatic heterocycles. The molecule has 0 bridgehead atoms. The van der Waals surface area contributed by atoms with Crippen LogP contribution in [0.2, 0.25) is 0 Å². The van der Waals surface area contributed by atoms with Crippen LogP contribution in [-0.2, 0) is 10.8 Å². The van der Waals surface area contributed by atoms with Crippen molar-refractivity contribution in [2.24, 2.45) is 0 Å². The zero-order valence-electron chi connectivity index (χ0n) is 12.5. The van der Waals surface area contributed by atoms with E-state index in [2.05, 4.69) is 20.4 Å². The Labute approximate surface area is 158 Å². The standard InChI is InChI=1S/2C7H6N2.4ClH.H3N.Ru/c2*1-2-4-7-6(3-1)5-8-9-7;;;;;;/h2*1-5H,(H,8,9);4*1H;1H3;/q;;;;;;;+3/p-3. The van der Waals surface area contributed by atoms with Crippen molar-refractivity contribution in [3.05, 3.63) is 60.9 Å². The molecule has 2 aromatic carbocycles. The number of para-hydroxylation sites is 2. The van der Waals surface area contributed by atoms with Gasteiger partial charge in [-0.3, -0.25) is 10.2 Å². The molecule has 0 aliphatic rings. The van der Waals surface area contributed by atoms with Gasteiger partial charge in [0.1, 0.15) is 0 Å². The van der Waals surface area contributed by atoms with Gasteiger partial charge in [-0.15, -0.1) is 0 Å². The molecule has 0 atom stereocenters. The molecule has 5 nitrogen and oxygen atoms in total. The maximum Gasteiger partial charge on any atom is 0.0650 e. The van der Waals surface area contributed by atoms with Gasteiger partial charge in [0.05, 0.1) is 23.4 Å². The van der Waals surface area contributed by atoms with E-state index in [1.165, 1.54) is 0 Å². The minimum absolute atomic E-state index is 0. The number of fused-ring (bicyclic) bond motifs is 2. The molecule has 4 aromatic rings. The summed E-state index contributed by atoms with van der Waals surface area (Å²) in [7, 11) is 17.0. The van der Waals surface area contributed by atoms with Crippen molar-refractivity contribution in [3.63, 3.8) is 0 Å². The summed E-state index contributed by atoms with van der Waals surface area (Å²) >= 11 is 0. The van der Waals surface area contributed by atoms with Crippen molar-refractivity contribution < 1.29 is 10.8 Å². The number of rotatable bonds is 0. The van der Waals surface area contributed by atoms with E-state index in [-0.39, 0.29) is 6.15 Å². The molecule has 0 spiro atoms. The number of aromatic nitrogens is 4. The van der Waals surface area contributed by atoms with Crippen molar-refractivity contribution in [3.8, 4) is 0 Å². The Hall–Kier alpha value is -0.877. The van der Waals surface area contributed by atoms with Gasteiger partial charge in [0.15, 0.2) is 0 Å². The summed E-state index contributed by atoms with van der Waals surface area (Å²) in [5, 5.41) is 15.8. The third-order valence-corrected chi connectivity index (χ3v) is 2.70. The fraction of sp³-hybridized carbons (Fsp3) is 0. The summed E-state index contributed by atoms with van der Waals surface area (Å²) in [6, 6.07) is 16.0. The number of nitrogens with zero attached hydrogens (tertiary/aromatic N) is 2. The molecular weight excluding hydrogens is 481 g/mol. The predicted molar refractivity (Wildman–Crippen MR) is 102 cm³/mol. The molecule has 2 heterocycles. The Morgan fingerprint density at radius 3 is 1.33 bits per heavy atom. The van der Waals surface area contributed by atoms with E-state index in [1.54, 1.807) is 0 Å². The second kappa shape index (κ2) is 10.2. The van der Waals surface area contributed by atoms with Crippen LogP contribution >= 0.6 is 38.8 Å². The second-order valence-electron chi connectivity index (χ2n) is 4.22. The van der Waals surface area contributed by atoms with Crippen LogP contribution in [-0.4, -0.2) is 20.4 Å². The van der Waals surface area contributed by atoms with E-state index in [0.717, 1.165) is 21.8 Å². The Kier molecular flexibility index (Phi) is 8.99. The van der Waals surface area contributed by atoms with Gasteiger partial charge < -0.3 is 6.15 Å². The van der Waals surface area contributed by atoms with Crippen LogP contribution in [0.4, 0.5) is 0 Å². The minimum atomic E-state index is -2.97. The van der Waals surface area contributed by atoms with Gasteiger partial charge in [0, 0.05) is 10.8 Å². The first-order chi connectivity index (χ1) is 10.9. The fourth-order valence-electron chi connectivity index (χ4n) is 1.77. The van der Waals surface area contributed by atoms with Crippen LogP contribution in [0.3, 0.4) is 0 Å². The Bertz CT molecular complexity index is 726. The quantitative estimate of drug-likeness (QED) is 0.250. The maximum absolute atomic E-state index is 5.00. The summed E-state index contributed by atoms with van der Waals surface area (Å²) < 4.78 is 0. The van der Waals surface area contributed by atoms with Crippen molar-refractivity contribution in [2.75, 3.05) is 0 Å². The van der Waals surface area contributed by atoms with E-state index in [0.29, 0.717) is 0 Å². The summed E-state index contributed by atoms with van der Waals surface area (Å²) in [5.41, 5.74) is 2.19. The molecule has 0 saturated carbocycles. The van der Waals surface area contributed by atoms with Crippen LogP contribution in [0.15, 0.2) is 60.9 Å². The van der Waals surface area contributed by atoms with Crippen molar-refractivity contribution >= 4 is 60.6 Å². The SMILES string of the molecule is [Cl][Ru-]([Cl])([Cl])[Cl].[NH4+].c1ccc2[nH]ncc2c1.c1ccc2[nH]ncc2c1. The van der Waals surface area contributed by atoms with Crippen molar-refractivity contribution in [1.82, 2.24) is 26.5 Å². The molecule has 133 valence electrons.